The van der Waals surface area contributed by atoms with Crippen molar-refractivity contribution in [1.82, 2.24) is 10.2 Å². The Morgan fingerprint density at radius 3 is 2.78 bits per heavy atom. The summed E-state index contributed by atoms with van der Waals surface area (Å²) in [5, 5.41) is 3.23. The molecule has 4 heteroatoms. The lowest BCUT2D eigenvalue weighted by Crippen LogP contribution is -2.37. The normalized spacial score (nSPS) is 19.3. The zero-order valence-corrected chi connectivity index (χ0v) is 10.4. The first-order valence-electron chi connectivity index (χ1n) is 6.08. The van der Waals surface area contributed by atoms with Gasteiger partial charge in [0, 0.05) is 25.7 Å². The van der Waals surface area contributed by atoms with Crippen molar-refractivity contribution in [2.75, 3.05) is 20.1 Å². The van der Waals surface area contributed by atoms with Crippen LogP contribution < -0.4 is 5.32 Å². The van der Waals surface area contributed by atoms with Crippen molar-refractivity contribution >= 4 is 12.0 Å². The Balaban J connectivity index is 1.95. The number of likely N-dealkylation sites (N-methyl/N-ethyl adjacent to an activating group) is 1. The van der Waals surface area contributed by atoms with Crippen LogP contribution in [0.15, 0.2) is 30.3 Å². The molecule has 0 aromatic heterocycles. The molecule has 1 amide bonds. The zero-order chi connectivity index (χ0) is 13.0. The molecule has 1 aromatic carbocycles. The fourth-order valence-corrected chi connectivity index (χ4v) is 2.01. The fourth-order valence-electron chi connectivity index (χ4n) is 2.01. The minimum Gasteiger partial charge on any atom is -0.338 e. The third-order valence-electron chi connectivity index (χ3n) is 3.22. The smallest absolute Gasteiger partial charge is 0.246 e. The first-order valence-corrected chi connectivity index (χ1v) is 6.08. The van der Waals surface area contributed by atoms with Gasteiger partial charge in [-0.3, -0.25) is 4.79 Å². The quantitative estimate of drug-likeness (QED) is 0.825. The second kappa shape index (κ2) is 5.78. The molecule has 1 unspecified atom stereocenters. The lowest BCUT2D eigenvalue weighted by Gasteiger charge is -2.22. The topological polar surface area (TPSA) is 32.3 Å². The van der Waals surface area contributed by atoms with Crippen LogP contribution in [0.4, 0.5) is 4.39 Å². The van der Waals surface area contributed by atoms with Gasteiger partial charge in [0.15, 0.2) is 0 Å². The Morgan fingerprint density at radius 1 is 1.44 bits per heavy atom. The Kier molecular flexibility index (Phi) is 4.10. The van der Waals surface area contributed by atoms with Crippen molar-refractivity contribution in [1.29, 1.82) is 0 Å². The molecule has 1 N–H and O–H groups in total. The van der Waals surface area contributed by atoms with E-state index >= 15 is 0 Å². The van der Waals surface area contributed by atoms with E-state index in [1.54, 1.807) is 23.1 Å². The predicted molar refractivity (Wildman–Crippen MR) is 69.5 cm³/mol. The van der Waals surface area contributed by atoms with E-state index in [1.165, 1.54) is 18.2 Å². The van der Waals surface area contributed by atoms with Gasteiger partial charge in [-0.1, -0.05) is 12.1 Å². The molecule has 1 aliphatic heterocycles. The van der Waals surface area contributed by atoms with Gasteiger partial charge in [-0.2, -0.15) is 0 Å². The molecule has 18 heavy (non-hydrogen) atoms. The number of hydrogen-bond acceptors (Lipinski definition) is 2. The molecule has 3 nitrogen and oxygen atoms in total. The average molecular weight is 248 g/mol. The van der Waals surface area contributed by atoms with Crippen LogP contribution in [-0.2, 0) is 4.79 Å². The van der Waals surface area contributed by atoms with E-state index in [2.05, 4.69) is 5.32 Å². The molecule has 0 saturated carbocycles. The van der Waals surface area contributed by atoms with Crippen LogP contribution in [0.5, 0.6) is 0 Å². The van der Waals surface area contributed by atoms with Gasteiger partial charge < -0.3 is 10.2 Å². The van der Waals surface area contributed by atoms with E-state index in [-0.39, 0.29) is 17.8 Å². The van der Waals surface area contributed by atoms with Gasteiger partial charge in [0.1, 0.15) is 5.82 Å². The van der Waals surface area contributed by atoms with Gasteiger partial charge in [-0.05, 0) is 36.7 Å². The van der Waals surface area contributed by atoms with E-state index in [1.807, 2.05) is 7.05 Å². The number of nitrogens with zero attached hydrogens (tertiary/aromatic N) is 1. The molecule has 1 heterocycles. The van der Waals surface area contributed by atoms with Crippen molar-refractivity contribution in [2.45, 2.75) is 12.5 Å². The number of carbonyl (C=O) groups is 1. The van der Waals surface area contributed by atoms with Crippen LogP contribution in [0, 0.1) is 5.82 Å². The molecule has 0 aliphatic carbocycles. The highest BCUT2D eigenvalue weighted by Gasteiger charge is 2.21. The fraction of sp³-hybridized carbons (Fsp3) is 0.357. The number of carbonyl (C=O) groups excluding carboxylic acids is 1. The first-order chi connectivity index (χ1) is 8.66. The Morgan fingerprint density at radius 2 is 2.17 bits per heavy atom. The second-order valence-corrected chi connectivity index (χ2v) is 4.48. The molecule has 1 atom stereocenters. The number of amides is 1. The SMILES string of the molecule is CN(C(=O)/C=C/c1ccc(F)cc1)C1CCNC1. The van der Waals surface area contributed by atoms with Crippen molar-refractivity contribution in [3.05, 3.63) is 41.7 Å². The summed E-state index contributed by atoms with van der Waals surface area (Å²) in [6.07, 6.45) is 4.23. The van der Waals surface area contributed by atoms with Crippen molar-refractivity contribution in [3.8, 4) is 0 Å². The molecule has 96 valence electrons. The van der Waals surface area contributed by atoms with Crippen molar-refractivity contribution in [2.24, 2.45) is 0 Å². The molecule has 0 radical (unpaired) electrons. The molecular formula is C14H17FN2O. The van der Waals surface area contributed by atoms with Crippen molar-refractivity contribution in [3.63, 3.8) is 0 Å². The third kappa shape index (κ3) is 3.17. The van der Waals surface area contributed by atoms with Gasteiger partial charge in [-0.15, -0.1) is 0 Å². The van der Waals surface area contributed by atoms with Gasteiger partial charge >= 0.3 is 0 Å². The number of benzene rings is 1. The van der Waals surface area contributed by atoms with E-state index in [0.29, 0.717) is 0 Å². The van der Waals surface area contributed by atoms with Gasteiger partial charge in [0.25, 0.3) is 0 Å². The van der Waals surface area contributed by atoms with E-state index < -0.39 is 0 Å². The molecule has 1 aliphatic rings. The molecule has 1 fully saturated rings. The highest BCUT2D eigenvalue weighted by atomic mass is 19.1. The highest BCUT2D eigenvalue weighted by molar-refractivity contribution is 5.91. The number of halogens is 1. The minimum absolute atomic E-state index is 0.0203. The number of rotatable bonds is 3. The summed E-state index contributed by atoms with van der Waals surface area (Å²) in [5.74, 6) is -0.291. The third-order valence-corrected chi connectivity index (χ3v) is 3.22. The molecule has 1 aromatic rings. The number of hydrogen-bond donors (Lipinski definition) is 1. The summed E-state index contributed by atoms with van der Waals surface area (Å²) in [7, 11) is 1.81. The molecule has 2 rings (SSSR count). The van der Waals surface area contributed by atoms with E-state index in [4.69, 9.17) is 0 Å². The maximum atomic E-state index is 12.7. The lowest BCUT2D eigenvalue weighted by molar-refractivity contribution is -0.126. The van der Waals surface area contributed by atoms with Gasteiger partial charge in [0.2, 0.25) is 5.91 Å². The van der Waals surface area contributed by atoms with Gasteiger partial charge in [0.05, 0.1) is 0 Å². The van der Waals surface area contributed by atoms with Crippen molar-refractivity contribution < 1.29 is 9.18 Å². The largest absolute Gasteiger partial charge is 0.338 e. The predicted octanol–water partition coefficient (Wildman–Crippen LogP) is 1.66. The van der Waals surface area contributed by atoms with Crippen LogP contribution in [-0.4, -0.2) is 37.0 Å². The maximum Gasteiger partial charge on any atom is 0.246 e. The molecule has 0 bridgehead atoms. The monoisotopic (exact) mass is 248 g/mol. The summed E-state index contributed by atoms with van der Waals surface area (Å²) in [4.78, 5) is 13.7. The highest BCUT2D eigenvalue weighted by Crippen LogP contribution is 2.08. The first kappa shape index (κ1) is 12.8. The Labute approximate surface area is 106 Å². The Bertz CT molecular complexity index is 436. The minimum atomic E-state index is -0.271. The average Bonchev–Trinajstić information content (AvgIpc) is 2.90. The Hall–Kier alpha value is -1.68. The zero-order valence-electron chi connectivity index (χ0n) is 10.4. The maximum absolute atomic E-state index is 12.7. The molecule has 1 saturated heterocycles. The molecule has 0 spiro atoms. The van der Waals surface area contributed by atoms with Gasteiger partial charge in [-0.25, -0.2) is 4.39 Å². The molecular weight excluding hydrogens is 231 g/mol. The lowest BCUT2D eigenvalue weighted by atomic mass is 10.2. The number of nitrogens with one attached hydrogen (secondary N) is 1. The summed E-state index contributed by atoms with van der Waals surface area (Å²) in [6.45, 7) is 1.82. The van der Waals surface area contributed by atoms with Crippen LogP contribution >= 0.6 is 0 Å². The van der Waals surface area contributed by atoms with E-state index in [9.17, 15) is 9.18 Å². The van der Waals surface area contributed by atoms with Crippen LogP contribution in [0.2, 0.25) is 0 Å². The standard InChI is InChI=1S/C14H17FN2O/c1-17(13-8-9-16-10-13)14(18)7-4-11-2-5-12(15)6-3-11/h2-7,13,16H,8-10H2,1H3/b7-4+. The summed E-state index contributed by atoms with van der Waals surface area (Å²) in [6, 6.07) is 6.34. The van der Waals surface area contributed by atoms with Crippen LogP contribution in [0.25, 0.3) is 6.08 Å². The van der Waals surface area contributed by atoms with E-state index in [0.717, 1.165) is 25.1 Å². The summed E-state index contributed by atoms with van der Waals surface area (Å²) < 4.78 is 12.7. The second-order valence-electron chi connectivity index (χ2n) is 4.48. The van der Waals surface area contributed by atoms with Crippen LogP contribution in [0.3, 0.4) is 0 Å². The summed E-state index contributed by atoms with van der Waals surface area (Å²) in [5.41, 5.74) is 0.822. The summed E-state index contributed by atoms with van der Waals surface area (Å²) >= 11 is 0. The van der Waals surface area contributed by atoms with Crippen LogP contribution in [0.1, 0.15) is 12.0 Å².